The average molecular weight is 288 g/mol. The van der Waals surface area contributed by atoms with Gasteiger partial charge in [-0.3, -0.25) is 16.3 Å². The van der Waals surface area contributed by atoms with Gasteiger partial charge in [0.25, 0.3) is 0 Å². The third kappa shape index (κ3) is 3.86. The minimum Gasteiger partial charge on any atom is -0.271 e. The summed E-state index contributed by atoms with van der Waals surface area (Å²) in [5.74, 6) is 7.18. The van der Waals surface area contributed by atoms with Crippen LogP contribution in [-0.4, -0.2) is 19.7 Å². The Kier molecular flexibility index (Phi) is 5.03. The molecule has 0 aromatic carbocycles. The number of hydrazine groups is 1. The quantitative estimate of drug-likeness (QED) is 0.624. The lowest BCUT2D eigenvalue weighted by Gasteiger charge is -2.18. The smallest absolute Gasteiger partial charge is 0.138 e. The molecule has 114 valence electrons. The van der Waals surface area contributed by atoms with Crippen molar-refractivity contribution in [3.8, 4) is 0 Å². The van der Waals surface area contributed by atoms with Crippen molar-refractivity contribution in [3.63, 3.8) is 0 Å². The molecule has 0 fully saturated rings. The van der Waals surface area contributed by atoms with Crippen LogP contribution < -0.4 is 11.3 Å². The molecular weight excluding hydrogens is 264 g/mol. The molecule has 2 rings (SSSR count). The van der Waals surface area contributed by atoms with E-state index in [1.165, 1.54) is 0 Å². The van der Waals surface area contributed by atoms with Gasteiger partial charge in [0.15, 0.2) is 0 Å². The molecule has 0 saturated carbocycles. The molecule has 2 heterocycles. The summed E-state index contributed by atoms with van der Waals surface area (Å²) < 4.78 is 1.94. The highest BCUT2D eigenvalue weighted by molar-refractivity contribution is 5.26. The van der Waals surface area contributed by atoms with Crippen molar-refractivity contribution in [2.24, 2.45) is 11.8 Å². The lowest BCUT2D eigenvalue weighted by atomic mass is 10.0. The molecule has 0 aliphatic heterocycles. The molecule has 3 N–H and O–H groups in total. The first kappa shape index (κ1) is 15.6. The van der Waals surface area contributed by atoms with Crippen LogP contribution in [0.25, 0.3) is 0 Å². The van der Waals surface area contributed by atoms with Gasteiger partial charge >= 0.3 is 0 Å². The molecule has 0 bridgehead atoms. The summed E-state index contributed by atoms with van der Waals surface area (Å²) in [6, 6.07) is 2.05. The molecule has 1 unspecified atom stereocenters. The van der Waals surface area contributed by atoms with Crippen LogP contribution in [0.3, 0.4) is 0 Å². The second-order valence-electron chi connectivity index (χ2n) is 5.89. The number of rotatable bonds is 6. The van der Waals surface area contributed by atoms with Crippen LogP contribution in [0.15, 0.2) is 18.6 Å². The Labute approximate surface area is 125 Å². The molecule has 0 radical (unpaired) electrons. The molecule has 0 amide bonds. The zero-order valence-electron chi connectivity index (χ0n) is 13.2. The van der Waals surface area contributed by atoms with Crippen molar-refractivity contribution >= 4 is 0 Å². The molecule has 0 aliphatic rings. The highest BCUT2D eigenvalue weighted by atomic mass is 15.3. The lowest BCUT2D eigenvalue weighted by Crippen LogP contribution is -2.32. The number of aryl methyl sites for hydroxylation is 2. The number of hydrogen-bond acceptors (Lipinski definition) is 5. The van der Waals surface area contributed by atoms with Crippen molar-refractivity contribution in [2.45, 2.75) is 46.7 Å². The first-order valence-corrected chi connectivity index (χ1v) is 7.27. The van der Waals surface area contributed by atoms with Crippen LogP contribution in [0.1, 0.15) is 42.5 Å². The minimum atomic E-state index is -0.0688. The largest absolute Gasteiger partial charge is 0.271 e. The van der Waals surface area contributed by atoms with Gasteiger partial charge in [0.2, 0.25) is 0 Å². The van der Waals surface area contributed by atoms with Crippen LogP contribution in [-0.2, 0) is 13.0 Å². The Morgan fingerprint density at radius 2 is 2.05 bits per heavy atom. The monoisotopic (exact) mass is 288 g/mol. The number of pyridine rings is 1. The lowest BCUT2D eigenvalue weighted by molar-refractivity contribution is 0.443. The fourth-order valence-corrected chi connectivity index (χ4v) is 2.45. The third-order valence-electron chi connectivity index (χ3n) is 3.41. The molecule has 2 aromatic rings. The summed E-state index contributed by atoms with van der Waals surface area (Å²) in [4.78, 5) is 8.88. The summed E-state index contributed by atoms with van der Waals surface area (Å²) in [5, 5.41) is 4.29. The van der Waals surface area contributed by atoms with Crippen LogP contribution >= 0.6 is 0 Å². The maximum Gasteiger partial charge on any atom is 0.138 e. The summed E-state index contributed by atoms with van der Waals surface area (Å²) in [6.45, 7) is 9.27. The second kappa shape index (κ2) is 6.78. The van der Waals surface area contributed by atoms with E-state index in [0.717, 1.165) is 29.2 Å². The Morgan fingerprint density at radius 1 is 1.29 bits per heavy atom. The molecule has 0 spiro atoms. The molecule has 2 aromatic heterocycles. The SMILES string of the molecule is Cc1cnc(C(Cc2ncnn2CC(C)C)NN)c(C)c1. The van der Waals surface area contributed by atoms with Crippen molar-refractivity contribution in [3.05, 3.63) is 41.2 Å². The van der Waals surface area contributed by atoms with E-state index in [-0.39, 0.29) is 6.04 Å². The first-order chi connectivity index (χ1) is 10.0. The number of nitrogens with zero attached hydrogens (tertiary/aromatic N) is 4. The Morgan fingerprint density at radius 3 is 2.67 bits per heavy atom. The molecule has 1 atom stereocenters. The van der Waals surface area contributed by atoms with Gasteiger partial charge in [-0.2, -0.15) is 5.10 Å². The van der Waals surface area contributed by atoms with Gasteiger partial charge in [-0.1, -0.05) is 19.9 Å². The number of aromatic nitrogens is 4. The van der Waals surface area contributed by atoms with E-state index in [2.05, 4.69) is 47.3 Å². The summed E-state index contributed by atoms with van der Waals surface area (Å²) >= 11 is 0. The van der Waals surface area contributed by atoms with Gasteiger partial charge < -0.3 is 0 Å². The van der Waals surface area contributed by atoms with Crippen LogP contribution in [0.2, 0.25) is 0 Å². The summed E-state index contributed by atoms with van der Waals surface area (Å²) in [6.07, 6.45) is 4.13. The van der Waals surface area contributed by atoms with E-state index in [0.29, 0.717) is 12.3 Å². The van der Waals surface area contributed by atoms with Gasteiger partial charge in [0.1, 0.15) is 12.2 Å². The van der Waals surface area contributed by atoms with E-state index in [1.54, 1.807) is 6.33 Å². The normalized spacial score (nSPS) is 12.9. The van der Waals surface area contributed by atoms with Crippen LogP contribution in [0.4, 0.5) is 0 Å². The molecule has 6 heteroatoms. The van der Waals surface area contributed by atoms with Crippen molar-refractivity contribution in [1.82, 2.24) is 25.2 Å². The highest BCUT2D eigenvalue weighted by Gasteiger charge is 2.18. The standard InChI is InChI=1S/C15H24N6/c1-10(2)8-21-14(18-9-19-21)6-13(20-16)15-12(4)5-11(3)7-17-15/h5,7,9-10,13,20H,6,8,16H2,1-4H3. The number of nitrogens with one attached hydrogen (secondary N) is 1. The summed E-state index contributed by atoms with van der Waals surface area (Å²) in [7, 11) is 0. The fourth-order valence-electron chi connectivity index (χ4n) is 2.45. The van der Waals surface area contributed by atoms with Crippen LogP contribution in [0.5, 0.6) is 0 Å². The summed E-state index contributed by atoms with van der Waals surface area (Å²) in [5.41, 5.74) is 6.09. The van der Waals surface area contributed by atoms with Crippen molar-refractivity contribution < 1.29 is 0 Å². The van der Waals surface area contributed by atoms with E-state index in [4.69, 9.17) is 5.84 Å². The highest BCUT2D eigenvalue weighted by Crippen LogP contribution is 2.19. The van der Waals surface area contributed by atoms with E-state index in [1.807, 2.05) is 17.8 Å². The topological polar surface area (TPSA) is 81.7 Å². The van der Waals surface area contributed by atoms with E-state index >= 15 is 0 Å². The van der Waals surface area contributed by atoms with Crippen LogP contribution in [0, 0.1) is 19.8 Å². The predicted molar refractivity (Wildman–Crippen MR) is 82.3 cm³/mol. The fraction of sp³-hybridized carbons (Fsp3) is 0.533. The first-order valence-electron chi connectivity index (χ1n) is 7.27. The Bertz CT molecular complexity index is 590. The molecule has 0 aliphatic carbocycles. The van der Waals surface area contributed by atoms with Crippen molar-refractivity contribution in [1.29, 1.82) is 0 Å². The molecule has 6 nitrogen and oxygen atoms in total. The Balaban J connectivity index is 2.21. The van der Waals surface area contributed by atoms with Gasteiger partial charge in [0.05, 0.1) is 11.7 Å². The zero-order valence-corrected chi connectivity index (χ0v) is 13.2. The van der Waals surface area contributed by atoms with Gasteiger partial charge in [-0.15, -0.1) is 0 Å². The maximum absolute atomic E-state index is 5.73. The number of nitrogens with two attached hydrogens (primary N) is 1. The average Bonchev–Trinajstić information content (AvgIpc) is 2.83. The van der Waals surface area contributed by atoms with E-state index in [9.17, 15) is 0 Å². The minimum absolute atomic E-state index is 0.0688. The third-order valence-corrected chi connectivity index (χ3v) is 3.41. The molecular formula is C15H24N6. The van der Waals surface area contributed by atoms with Gasteiger partial charge in [-0.25, -0.2) is 9.67 Å². The number of hydrogen-bond donors (Lipinski definition) is 2. The van der Waals surface area contributed by atoms with Crippen molar-refractivity contribution in [2.75, 3.05) is 0 Å². The zero-order chi connectivity index (χ0) is 15.4. The maximum atomic E-state index is 5.73. The Hall–Kier alpha value is -1.79. The van der Waals surface area contributed by atoms with Gasteiger partial charge in [-0.05, 0) is 30.9 Å². The molecule has 0 saturated heterocycles. The molecule has 21 heavy (non-hydrogen) atoms. The van der Waals surface area contributed by atoms with Gasteiger partial charge in [0, 0.05) is 19.2 Å². The second-order valence-corrected chi connectivity index (χ2v) is 5.89. The predicted octanol–water partition coefficient (Wildman–Crippen LogP) is 1.69. The van der Waals surface area contributed by atoms with E-state index < -0.39 is 0 Å².